The zero-order chi connectivity index (χ0) is 10.6. The fourth-order valence-corrected chi connectivity index (χ4v) is 1.48. The van der Waals surface area contributed by atoms with Crippen LogP contribution in [0.2, 0.25) is 5.02 Å². The van der Waals surface area contributed by atoms with E-state index in [0.29, 0.717) is 23.8 Å². The van der Waals surface area contributed by atoms with Gasteiger partial charge < -0.3 is 4.74 Å². The molecule has 0 unspecified atom stereocenters. The Balaban J connectivity index is 3.05. The molecule has 0 aliphatic rings. The fourth-order valence-electron chi connectivity index (χ4n) is 1.24. The van der Waals surface area contributed by atoms with Gasteiger partial charge >= 0.3 is 0 Å². The molecule has 0 amide bonds. The third-order valence-corrected chi connectivity index (χ3v) is 2.26. The summed E-state index contributed by atoms with van der Waals surface area (Å²) in [7, 11) is 0. The number of ether oxygens (including phenoxy) is 1. The van der Waals surface area contributed by atoms with Gasteiger partial charge in [-0.3, -0.25) is 0 Å². The second-order valence-electron chi connectivity index (χ2n) is 2.98. The monoisotopic (exact) mass is 209 g/mol. The molecular formula is C11H12ClNO. The standard InChI is InChI=1S/C11H12ClNO/c1-3-14-11-6-8(2)9(4-5-13)7-10(11)12/h6-7H,3-4H2,1-2H3. The van der Waals surface area contributed by atoms with Crippen LogP contribution in [0.3, 0.4) is 0 Å². The second kappa shape index (κ2) is 4.88. The van der Waals surface area contributed by atoms with Crippen LogP contribution in [0.1, 0.15) is 18.1 Å². The van der Waals surface area contributed by atoms with E-state index in [9.17, 15) is 0 Å². The van der Waals surface area contributed by atoms with E-state index in [2.05, 4.69) is 6.07 Å². The van der Waals surface area contributed by atoms with Gasteiger partial charge in [-0.2, -0.15) is 5.26 Å². The van der Waals surface area contributed by atoms with Crippen molar-refractivity contribution in [3.8, 4) is 11.8 Å². The highest BCUT2D eigenvalue weighted by Crippen LogP contribution is 2.28. The molecule has 0 bridgehead atoms. The molecule has 0 N–H and O–H groups in total. The van der Waals surface area contributed by atoms with Crippen LogP contribution in [-0.4, -0.2) is 6.61 Å². The molecule has 74 valence electrons. The van der Waals surface area contributed by atoms with Crippen LogP contribution >= 0.6 is 11.6 Å². The summed E-state index contributed by atoms with van der Waals surface area (Å²) < 4.78 is 5.34. The lowest BCUT2D eigenvalue weighted by molar-refractivity contribution is 0.340. The molecule has 0 saturated heterocycles. The second-order valence-corrected chi connectivity index (χ2v) is 3.38. The number of benzene rings is 1. The number of hydrogen-bond donors (Lipinski definition) is 0. The van der Waals surface area contributed by atoms with Crippen molar-refractivity contribution in [2.24, 2.45) is 0 Å². The van der Waals surface area contributed by atoms with Gasteiger partial charge in [0.2, 0.25) is 0 Å². The molecule has 3 heteroatoms. The number of aryl methyl sites for hydroxylation is 1. The average molecular weight is 210 g/mol. The van der Waals surface area contributed by atoms with E-state index in [0.717, 1.165) is 11.1 Å². The summed E-state index contributed by atoms with van der Waals surface area (Å²) in [6, 6.07) is 5.77. The van der Waals surface area contributed by atoms with Gasteiger partial charge in [-0.25, -0.2) is 0 Å². The maximum absolute atomic E-state index is 8.58. The molecule has 0 saturated carbocycles. The number of halogens is 1. The van der Waals surface area contributed by atoms with Gasteiger partial charge in [-0.1, -0.05) is 11.6 Å². The molecule has 0 aliphatic heterocycles. The van der Waals surface area contributed by atoms with E-state index in [1.807, 2.05) is 19.9 Å². The number of hydrogen-bond acceptors (Lipinski definition) is 2. The van der Waals surface area contributed by atoms with Crippen molar-refractivity contribution >= 4 is 11.6 Å². The molecule has 14 heavy (non-hydrogen) atoms. The quantitative estimate of drug-likeness (QED) is 0.767. The van der Waals surface area contributed by atoms with Crippen molar-refractivity contribution in [3.05, 3.63) is 28.3 Å². The predicted molar refractivity (Wildman–Crippen MR) is 56.7 cm³/mol. The Morgan fingerprint density at radius 1 is 1.50 bits per heavy atom. The smallest absolute Gasteiger partial charge is 0.138 e. The maximum Gasteiger partial charge on any atom is 0.138 e. The summed E-state index contributed by atoms with van der Waals surface area (Å²) in [6.45, 7) is 4.46. The van der Waals surface area contributed by atoms with Crippen LogP contribution in [0, 0.1) is 18.3 Å². The highest BCUT2D eigenvalue weighted by atomic mass is 35.5. The van der Waals surface area contributed by atoms with Crippen LogP contribution in [0.4, 0.5) is 0 Å². The summed E-state index contributed by atoms with van der Waals surface area (Å²) in [5.41, 5.74) is 2.00. The van der Waals surface area contributed by atoms with Crippen molar-refractivity contribution in [2.45, 2.75) is 20.3 Å². The molecule has 1 aromatic rings. The van der Waals surface area contributed by atoms with Crippen LogP contribution < -0.4 is 4.74 Å². The van der Waals surface area contributed by atoms with Gasteiger partial charge in [0, 0.05) is 0 Å². The highest BCUT2D eigenvalue weighted by Gasteiger charge is 2.06. The normalized spacial score (nSPS) is 9.57. The largest absolute Gasteiger partial charge is 0.492 e. The molecule has 1 aromatic carbocycles. The van der Waals surface area contributed by atoms with Crippen molar-refractivity contribution in [1.82, 2.24) is 0 Å². The summed E-state index contributed by atoms with van der Waals surface area (Å²) in [4.78, 5) is 0. The molecule has 0 radical (unpaired) electrons. The SMILES string of the molecule is CCOc1cc(C)c(CC#N)cc1Cl. The Labute approximate surface area is 89.1 Å². The minimum absolute atomic E-state index is 0.387. The van der Waals surface area contributed by atoms with Gasteiger partial charge in [-0.15, -0.1) is 0 Å². The third-order valence-electron chi connectivity index (χ3n) is 1.96. The Morgan fingerprint density at radius 2 is 2.21 bits per heavy atom. The molecule has 0 aliphatic carbocycles. The van der Waals surface area contributed by atoms with Crippen molar-refractivity contribution in [1.29, 1.82) is 5.26 Å². The predicted octanol–water partition coefficient (Wildman–Crippen LogP) is 3.11. The first-order valence-corrected chi connectivity index (χ1v) is 4.85. The van der Waals surface area contributed by atoms with Gasteiger partial charge in [0.05, 0.1) is 24.1 Å². The van der Waals surface area contributed by atoms with Gasteiger partial charge in [-0.05, 0) is 37.1 Å². The zero-order valence-corrected chi connectivity index (χ0v) is 9.06. The molecule has 2 nitrogen and oxygen atoms in total. The molecule has 1 rings (SSSR count). The third kappa shape index (κ3) is 2.40. The van der Waals surface area contributed by atoms with Crippen LogP contribution in [0.25, 0.3) is 0 Å². The van der Waals surface area contributed by atoms with Crippen molar-refractivity contribution in [2.75, 3.05) is 6.61 Å². The molecule has 0 fully saturated rings. The summed E-state index contributed by atoms with van der Waals surface area (Å²) >= 11 is 5.98. The first-order chi connectivity index (χ1) is 6.69. The van der Waals surface area contributed by atoms with Crippen molar-refractivity contribution in [3.63, 3.8) is 0 Å². The minimum atomic E-state index is 0.387. The first-order valence-electron chi connectivity index (χ1n) is 4.47. The van der Waals surface area contributed by atoms with E-state index in [-0.39, 0.29) is 0 Å². The lowest BCUT2D eigenvalue weighted by atomic mass is 10.1. The van der Waals surface area contributed by atoms with E-state index < -0.39 is 0 Å². The van der Waals surface area contributed by atoms with Crippen LogP contribution in [0.5, 0.6) is 5.75 Å². The van der Waals surface area contributed by atoms with Gasteiger partial charge in [0.15, 0.2) is 0 Å². The van der Waals surface area contributed by atoms with Gasteiger partial charge in [0.1, 0.15) is 5.75 Å². The number of rotatable bonds is 3. The Bertz CT molecular complexity index is 368. The van der Waals surface area contributed by atoms with Crippen LogP contribution in [0.15, 0.2) is 12.1 Å². The van der Waals surface area contributed by atoms with E-state index in [1.165, 1.54) is 0 Å². The highest BCUT2D eigenvalue weighted by molar-refractivity contribution is 6.32. The lowest BCUT2D eigenvalue weighted by Gasteiger charge is -2.09. The molecular weight excluding hydrogens is 198 g/mol. The fraction of sp³-hybridized carbons (Fsp3) is 0.364. The summed E-state index contributed by atoms with van der Waals surface area (Å²) in [6.07, 6.45) is 0.387. The Kier molecular flexibility index (Phi) is 3.79. The number of nitrogens with zero attached hydrogens (tertiary/aromatic N) is 1. The van der Waals surface area contributed by atoms with Crippen LogP contribution in [-0.2, 0) is 6.42 Å². The van der Waals surface area contributed by atoms with E-state index in [1.54, 1.807) is 6.07 Å². The molecule has 0 atom stereocenters. The van der Waals surface area contributed by atoms with Gasteiger partial charge in [0.25, 0.3) is 0 Å². The molecule has 0 spiro atoms. The average Bonchev–Trinajstić information content (AvgIpc) is 2.14. The lowest BCUT2D eigenvalue weighted by Crippen LogP contribution is -1.95. The minimum Gasteiger partial charge on any atom is -0.492 e. The topological polar surface area (TPSA) is 33.0 Å². The molecule has 0 heterocycles. The Morgan fingerprint density at radius 3 is 2.79 bits per heavy atom. The summed E-state index contributed by atoms with van der Waals surface area (Å²) in [5, 5.41) is 9.16. The Hall–Kier alpha value is -1.20. The maximum atomic E-state index is 8.58. The molecule has 0 aromatic heterocycles. The van der Waals surface area contributed by atoms with E-state index in [4.69, 9.17) is 21.6 Å². The first kappa shape index (κ1) is 10.9. The van der Waals surface area contributed by atoms with Crippen molar-refractivity contribution < 1.29 is 4.74 Å². The zero-order valence-electron chi connectivity index (χ0n) is 8.30. The summed E-state index contributed by atoms with van der Waals surface area (Å²) in [5.74, 6) is 0.688. The van der Waals surface area contributed by atoms with E-state index >= 15 is 0 Å². The number of nitriles is 1.